The van der Waals surface area contributed by atoms with E-state index in [0.29, 0.717) is 5.56 Å². The fourth-order valence-corrected chi connectivity index (χ4v) is 2.15. The van der Waals surface area contributed by atoms with Crippen LogP contribution in [0.1, 0.15) is 12.5 Å². The number of pyridine rings is 1. The van der Waals surface area contributed by atoms with Crippen molar-refractivity contribution in [1.29, 1.82) is 0 Å². The van der Waals surface area contributed by atoms with Crippen LogP contribution in [-0.4, -0.2) is 33.9 Å². The molecular formula is C16H16FN3O4. The lowest BCUT2D eigenvalue weighted by Gasteiger charge is -2.22. The monoisotopic (exact) mass is 333 g/mol. The van der Waals surface area contributed by atoms with E-state index >= 15 is 0 Å². The zero-order chi connectivity index (χ0) is 17.7. The van der Waals surface area contributed by atoms with Gasteiger partial charge in [-0.1, -0.05) is 12.1 Å². The van der Waals surface area contributed by atoms with Crippen molar-refractivity contribution in [3.05, 3.63) is 64.1 Å². The van der Waals surface area contributed by atoms with E-state index < -0.39 is 22.8 Å². The summed E-state index contributed by atoms with van der Waals surface area (Å²) in [6.45, 7) is 1.68. The van der Waals surface area contributed by atoms with Crippen LogP contribution in [-0.2, 0) is 11.3 Å². The summed E-state index contributed by atoms with van der Waals surface area (Å²) in [5, 5.41) is 10.9. The fraction of sp³-hybridized carbons (Fsp3) is 0.250. The number of nitro groups is 1. The molecule has 0 radical (unpaired) electrons. The maximum Gasteiger partial charge on any atom is 0.406 e. The SMILES string of the molecule is CC(Oc1cccnc1[N+](=O)[O-])C(=O)N(C)Cc1cccc(F)c1. The summed E-state index contributed by atoms with van der Waals surface area (Å²) in [5.74, 6) is -1.31. The predicted octanol–water partition coefficient (Wildman–Crippen LogP) is 2.55. The third kappa shape index (κ3) is 4.25. The molecule has 24 heavy (non-hydrogen) atoms. The molecule has 2 rings (SSSR count). The Bertz CT molecular complexity index is 754. The molecule has 2 aromatic rings. The fourth-order valence-electron chi connectivity index (χ4n) is 2.15. The van der Waals surface area contributed by atoms with Crippen LogP contribution in [0.4, 0.5) is 10.2 Å². The zero-order valence-electron chi connectivity index (χ0n) is 13.2. The third-order valence-electron chi connectivity index (χ3n) is 3.26. The Balaban J connectivity index is 2.05. The van der Waals surface area contributed by atoms with Gasteiger partial charge in [-0.25, -0.2) is 4.39 Å². The second-order valence-corrected chi connectivity index (χ2v) is 5.17. The van der Waals surface area contributed by atoms with Crippen molar-refractivity contribution in [3.63, 3.8) is 0 Å². The largest absolute Gasteiger partial charge is 0.473 e. The summed E-state index contributed by atoms with van der Waals surface area (Å²) in [7, 11) is 1.55. The minimum absolute atomic E-state index is 0.0810. The minimum atomic E-state index is -0.952. The lowest BCUT2D eigenvalue weighted by molar-refractivity contribution is -0.390. The Hall–Kier alpha value is -3.03. The van der Waals surface area contributed by atoms with Gasteiger partial charge in [0.2, 0.25) is 5.75 Å². The van der Waals surface area contributed by atoms with Crippen LogP contribution in [0.3, 0.4) is 0 Å². The molecular weight excluding hydrogens is 317 g/mol. The lowest BCUT2D eigenvalue weighted by Crippen LogP contribution is -2.37. The van der Waals surface area contributed by atoms with E-state index in [0.717, 1.165) is 0 Å². The molecule has 1 heterocycles. The van der Waals surface area contributed by atoms with E-state index in [-0.39, 0.29) is 18.1 Å². The van der Waals surface area contributed by atoms with Gasteiger partial charge in [-0.15, -0.1) is 0 Å². The molecule has 0 aliphatic rings. The van der Waals surface area contributed by atoms with Crippen molar-refractivity contribution < 1.29 is 18.8 Å². The van der Waals surface area contributed by atoms with Gasteiger partial charge in [-0.2, -0.15) is 0 Å². The molecule has 8 heteroatoms. The van der Waals surface area contributed by atoms with Crippen LogP contribution in [0.5, 0.6) is 5.75 Å². The molecule has 1 atom stereocenters. The Morgan fingerprint density at radius 2 is 2.17 bits per heavy atom. The highest BCUT2D eigenvalue weighted by molar-refractivity contribution is 5.80. The first kappa shape index (κ1) is 17.3. The van der Waals surface area contributed by atoms with Crippen LogP contribution in [0.15, 0.2) is 42.6 Å². The van der Waals surface area contributed by atoms with E-state index in [4.69, 9.17) is 4.74 Å². The van der Waals surface area contributed by atoms with E-state index in [1.807, 2.05) is 0 Å². The molecule has 0 saturated carbocycles. The van der Waals surface area contributed by atoms with Crippen LogP contribution >= 0.6 is 0 Å². The van der Waals surface area contributed by atoms with Crippen molar-refractivity contribution in [3.8, 4) is 5.75 Å². The smallest absolute Gasteiger partial charge is 0.406 e. The molecule has 1 unspecified atom stereocenters. The molecule has 0 aliphatic heterocycles. The van der Waals surface area contributed by atoms with Crippen LogP contribution < -0.4 is 4.74 Å². The van der Waals surface area contributed by atoms with Crippen molar-refractivity contribution in [2.45, 2.75) is 19.6 Å². The molecule has 1 aromatic heterocycles. The lowest BCUT2D eigenvalue weighted by atomic mass is 10.2. The van der Waals surface area contributed by atoms with Gasteiger partial charge in [0.1, 0.15) is 12.0 Å². The van der Waals surface area contributed by atoms with Crippen LogP contribution in [0, 0.1) is 15.9 Å². The predicted molar refractivity (Wildman–Crippen MR) is 83.9 cm³/mol. The molecule has 1 amide bonds. The molecule has 0 fully saturated rings. The van der Waals surface area contributed by atoms with Crippen LogP contribution in [0.2, 0.25) is 0 Å². The van der Waals surface area contributed by atoms with Crippen molar-refractivity contribution in [2.24, 2.45) is 0 Å². The Kier molecular flexibility index (Phi) is 5.41. The topological polar surface area (TPSA) is 85.6 Å². The number of aromatic nitrogens is 1. The first-order valence-corrected chi connectivity index (χ1v) is 7.14. The number of ether oxygens (including phenoxy) is 1. The number of nitrogens with zero attached hydrogens (tertiary/aromatic N) is 3. The van der Waals surface area contributed by atoms with Gasteiger partial charge in [-0.05, 0) is 46.7 Å². The summed E-state index contributed by atoms with van der Waals surface area (Å²) < 4.78 is 18.6. The van der Waals surface area contributed by atoms with E-state index in [1.54, 1.807) is 19.2 Å². The van der Waals surface area contributed by atoms with Gasteiger partial charge in [0, 0.05) is 13.6 Å². The number of rotatable bonds is 6. The first-order valence-electron chi connectivity index (χ1n) is 7.14. The maximum absolute atomic E-state index is 13.2. The second-order valence-electron chi connectivity index (χ2n) is 5.17. The van der Waals surface area contributed by atoms with Crippen molar-refractivity contribution >= 4 is 11.7 Å². The number of hydrogen-bond donors (Lipinski definition) is 0. The van der Waals surface area contributed by atoms with E-state index in [2.05, 4.69) is 4.98 Å². The first-order chi connectivity index (χ1) is 11.4. The normalized spacial score (nSPS) is 11.6. The van der Waals surface area contributed by atoms with Gasteiger partial charge < -0.3 is 19.8 Å². The zero-order valence-corrected chi connectivity index (χ0v) is 13.2. The molecule has 126 valence electrons. The number of halogens is 1. The van der Waals surface area contributed by atoms with Crippen molar-refractivity contribution in [2.75, 3.05) is 7.05 Å². The number of benzene rings is 1. The van der Waals surface area contributed by atoms with Gasteiger partial charge >= 0.3 is 5.82 Å². The summed E-state index contributed by atoms with van der Waals surface area (Å²) in [6.07, 6.45) is 0.319. The number of carbonyl (C=O) groups is 1. The third-order valence-corrected chi connectivity index (χ3v) is 3.26. The number of amides is 1. The highest BCUT2D eigenvalue weighted by Gasteiger charge is 2.24. The summed E-state index contributed by atoms with van der Waals surface area (Å²) in [6, 6.07) is 8.77. The molecule has 0 N–H and O–H groups in total. The molecule has 1 aromatic carbocycles. The molecule has 0 saturated heterocycles. The minimum Gasteiger partial charge on any atom is -0.473 e. The maximum atomic E-state index is 13.2. The number of hydrogen-bond acceptors (Lipinski definition) is 5. The van der Waals surface area contributed by atoms with Gasteiger partial charge in [0.15, 0.2) is 6.10 Å². The van der Waals surface area contributed by atoms with Crippen LogP contribution in [0.25, 0.3) is 0 Å². The quantitative estimate of drug-likeness (QED) is 0.599. The Labute approximate surface area is 137 Å². The van der Waals surface area contributed by atoms with Gasteiger partial charge in [0.05, 0.1) is 0 Å². The number of carbonyl (C=O) groups excluding carboxylic acids is 1. The Morgan fingerprint density at radius 3 is 2.83 bits per heavy atom. The Morgan fingerprint density at radius 1 is 1.42 bits per heavy atom. The summed E-state index contributed by atoms with van der Waals surface area (Å²) in [4.78, 5) is 27.6. The van der Waals surface area contributed by atoms with Gasteiger partial charge in [0.25, 0.3) is 5.91 Å². The highest BCUT2D eigenvalue weighted by Crippen LogP contribution is 2.24. The summed E-state index contributed by atoms with van der Waals surface area (Å²) in [5.41, 5.74) is 0.630. The molecule has 0 spiro atoms. The second kappa shape index (κ2) is 7.49. The molecule has 0 bridgehead atoms. The van der Waals surface area contributed by atoms with Gasteiger partial charge in [-0.3, -0.25) is 4.79 Å². The molecule has 7 nitrogen and oxygen atoms in total. The summed E-state index contributed by atoms with van der Waals surface area (Å²) >= 11 is 0. The average molecular weight is 333 g/mol. The highest BCUT2D eigenvalue weighted by atomic mass is 19.1. The number of likely N-dealkylation sites (N-methyl/N-ethyl adjacent to an activating group) is 1. The van der Waals surface area contributed by atoms with E-state index in [9.17, 15) is 19.3 Å². The van der Waals surface area contributed by atoms with E-state index in [1.165, 1.54) is 42.3 Å². The standard InChI is InChI=1S/C16H16FN3O4/c1-11(24-14-7-4-8-18-15(14)20(22)23)16(21)19(2)10-12-5-3-6-13(17)9-12/h3-9,11H,10H2,1-2H3. The molecule has 0 aliphatic carbocycles. The average Bonchev–Trinajstić information content (AvgIpc) is 2.54. The van der Waals surface area contributed by atoms with Crippen molar-refractivity contribution in [1.82, 2.24) is 9.88 Å².